The number of nitrogens with zero attached hydrogens (tertiary/aromatic N) is 1. The lowest BCUT2D eigenvalue weighted by molar-refractivity contribution is -0.155. The van der Waals surface area contributed by atoms with Crippen molar-refractivity contribution in [2.75, 3.05) is 40.5 Å². The minimum atomic E-state index is -1.09. The van der Waals surface area contributed by atoms with Gasteiger partial charge in [0.25, 0.3) is 5.91 Å². The number of hydrogen-bond donors (Lipinski definition) is 1. The molecule has 1 atom stereocenters. The van der Waals surface area contributed by atoms with E-state index in [0.29, 0.717) is 36.4 Å². The van der Waals surface area contributed by atoms with E-state index >= 15 is 0 Å². The molecule has 0 spiro atoms. The van der Waals surface area contributed by atoms with Gasteiger partial charge in [0.1, 0.15) is 23.5 Å². The molecule has 1 fully saturated rings. The predicted molar refractivity (Wildman–Crippen MR) is 95.8 cm³/mol. The number of carbonyl (C=O) groups is 2. The number of amides is 1. The molecular formula is C19H25NO6. The number of hydrogen-bond acceptors (Lipinski definition) is 5. The number of rotatable bonds is 8. The van der Waals surface area contributed by atoms with Gasteiger partial charge in [-0.25, -0.2) is 0 Å². The number of aliphatic carboxylic acids is 1. The molecule has 2 rings (SSSR count). The van der Waals surface area contributed by atoms with Crippen molar-refractivity contribution in [3.05, 3.63) is 36.4 Å². The molecule has 0 aliphatic carbocycles. The lowest BCUT2D eigenvalue weighted by Crippen LogP contribution is -2.52. The van der Waals surface area contributed by atoms with Crippen molar-refractivity contribution >= 4 is 11.9 Å². The summed E-state index contributed by atoms with van der Waals surface area (Å²) in [6.07, 6.45) is 2.66. The van der Waals surface area contributed by atoms with E-state index in [-0.39, 0.29) is 25.7 Å². The maximum atomic E-state index is 13.0. The number of likely N-dealkylation sites (tertiary alicyclic amines) is 1. The molecule has 1 aromatic rings. The Morgan fingerprint density at radius 2 is 2.15 bits per heavy atom. The van der Waals surface area contributed by atoms with E-state index in [0.717, 1.165) is 0 Å². The number of ether oxygens (including phenoxy) is 3. The molecule has 142 valence electrons. The van der Waals surface area contributed by atoms with E-state index in [4.69, 9.17) is 14.2 Å². The van der Waals surface area contributed by atoms with Crippen LogP contribution in [-0.2, 0) is 9.53 Å². The van der Waals surface area contributed by atoms with Crippen LogP contribution in [0.2, 0.25) is 0 Å². The highest BCUT2D eigenvalue weighted by Crippen LogP contribution is 2.33. The van der Waals surface area contributed by atoms with Crippen molar-refractivity contribution in [2.45, 2.75) is 12.8 Å². The molecule has 0 bridgehead atoms. The highest BCUT2D eigenvalue weighted by atomic mass is 16.5. The molecule has 1 aliphatic rings. The first-order chi connectivity index (χ1) is 12.5. The highest BCUT2D eigenvalue weighted by Gasteiger charge is 2.44. The number of piperidine rings is 1. The molecule has 1 amide bonds. The van der Waals surface area contributed by atoms with Gasteiger partial charge in [-0.1, -0.05) is 12.7 Å². The van der Waals surface area contributed by atoms with Gasteiger partial charge in [-0.15, -0.1) is 0 Å². The molecule has 0 saturated carbocycles. The largest absolute Gasteiger partial charge is 0.497 e. The van der Waals surface area contributed by atoms with Crippen LogP contribution in [0, 0.1) is 5.41 Å². The maximum absolute atomic E-state index is 13.0. The van der Waals surface area contributed by atoms with Crippen molar-refractivity contribution in [1.82, 2.24) is 4.90 Å². The van der Waals surface area contributed by atoms with Crippen LogP contribution in [0.15, 0.2) is 30.9 Å². The summed E-state index contributed by atoms with van der Waals surface area (Å²) in [5, 5.41) is 9.66. The first kappa shape index (κ1) is 19.8. The fourth-order valence-corrected chi connectivity index (χ4v) is 3.18. The van der Waals surface area contributed by atoms with Crippen molar-refractivity contribution < 1.29 is 28.9 Å². The minimum absolute atomic E-state index is 0.0640. The van der Waals surface area contributed by atoms with Crippen molar-refractivity contribution in [1.29, 1.82) is 0 Å². The Morgan fingerprint density at radius 1 is 1.38 bits per heavy atom. The zero-order valence-electron chi connectivity index (χ0n) is 15.2. The average Bonchev–Trinajstić information content (AvgIpc) is 2.65. The smallest absolute Gasteiger partial charge is 0.313 e. The topological polar surface area (TPSA) is 85.3 Å². The van der Waals surface area contributed by atoms with Crippen LogP contribution in [0.25, 0.3) is 0 Å². The molecule has 1 aromatic carbocycles. The van der Waals surface area contributed by atoms with Crippen molar-refractivity contribution in [3.8, 4) is 11.5 Å². The monoisotopic (exact) mass is 363 g/mol. The molecule has 1 saturated heterocycles. The van der Waals surface area contributed by atoms with Gasteiger partial charge in [-0.3, -0.25) is 9.59 Å². The summed E-state index contributed by atoms with van der Waals surface area (Å²) < 4.78 is 15.9. The standard InChI is InChI=1S/C19H25NO6/c1-4-10-26-16-11-14(25-3)6-7-15(16)17(21)20-9-5-8-19(12-20,13-24-2)18(22)23/h4,6-7,11H,1,5,8-10,12-13H2,2-3H3,(H,22,23). The van der Waals surface area contributed by atoms with Crippen LogP contribution in [0.5, 0.6) is 11.5 Å². The molecule has 0 aromatic heterocycles. The molecular weight excluding hydrogens is 338 g/mol. The zero-order valence-corrected chi connectivity index (χ0v) is 15.2. The molecule has 1 N–H and O–H groups in total. The van der Waals surface area contributed by atoms with E-state index in [1.165, 1.54) is 14.2 Å². The minimum Gasteiger partial charge on any atom is -0.497 e. The molecule has 7 heteroatoms. The summed E-state index contributed by atoms with van der Waals surface area (Å²) in [5.74, 6) is -0.270. The van der Waals surface area contributed by atoms with Crippen LogP contribution in [0.4, 0.5) is 0 Å². The first-order valence-electron chi connectivity index (χ1n) is 8.41. The Kier molecular flexibility index (Phi) is 6.63. The van der Waals surface area contributed by atoms with Crippen LogP contribution in [0.3, 0.4) is 0 Å². The van der Waals surface area contributed by atoms with Gasteiger partial charge in [-0.2, -0.15) is 0 Å². The summed E-state index contributed by atoms with van der Waals surface area (Å²) in [6, 6.07) is 4.95. The number of carboxylic acids is 1. The molecule has 7 nitrogen and oxygen atoms in total. The lowest BCUT2D eigenvalue weighted by atomic mass is 9.80. The number of carboxylic acid groups (broad SMARTS) is 1. The van der Waals surface area contributed by atoms with E-state index in [9.17, 15) is 14.7 Å². The van der Waals surface area contributed by atoms with Crippen molar-refractivity contribution in [2.24, 2.45) is 5.41 Å². The van der Waals surface area contributed by atoms with Gasteiger partial charge >= 0.3 is 5.97 Å². The normalized spacial score (nSPS) is 19.7. The fraction of sp³-hybridized carbons (Fsp3) is 0.474. The summed E-state index contributed by atoms with van der Waals surface area (Å²) in [4.78, 5) is 26.4. The SMILES string of the molecule is C=CCOc1cc(OC)ccc1C(=O)N1CCCC(COC)(C(=O)O)C1. The van der Waals surface area contributed by atoms with Gasteiger partial charge in [0.05, 0.1) is 19.3 Å². The number of benzene rings is 1. The van der Waals surface area contributed by atoms with Crippen LogP contribution >= 0.6 is 0 Å². The Hall–Kier alpha value is -2.54. The molecule has 1 aliphatic heterocycles. The Bertz CT molecular complexity index is 670. The fourth-order valence-electron chi connectivity index (χ4n) is 3.18. The molecule has 1 unspecified atom stereocenters. The van der Waals surface area contributed by atoms with E-state index in [1.54, 1.807) is 29.2 Å². The van der Waals surface area contributed by atoms with Gasteiger partial charge < -0.3 is 24.2 Å². The number of methoxy groups -OCH3 is 2. The second-order valence-corrected chi connectivity index (χ2v) is 6.31. The summed E-state index contributed by atoms with van der Waals surface area (Å²) in [5.41, 5.74) is -0.719. The third-order valence-corrected chi connectivity index (χ3v) is 4.51. The second kappa shape index (κ2) is 8.71. The molecule has 1 heterocycles. The van der Waals surface area contributed by atoms with Crippen LogP contribution in [-0.4, -0.2) is 62.4 Å². The van der Waals surface area contributed by atoms with E-state index in [2.05, 4.69) is 6.58 Å². The van der Waals surface area contributed by atoms with Gasteiger partial charge in [0.15, 0.2) is 0 Å². The van der Waals surface area contributed by atoms with Gasteiger partial charge in [0.2, 0.25) is 0 Å². The van der Waals surface area contributed by atoms with Gasteiger partial charge in [-0.05, 0) is 25.0 Å². The van der Waals surface area contributed by atoms with E-state index in [1.807, 2.05) is 0 Å². The predicted octanol–water partition coefficient (Wildman–Crippen LogP) is 2.21. The molecule has 0 radical (unpaired) electrons. The molecule has 26 heavy (non-hydrogen) atoms. The third-order valence-electron chi connectivity index (χ3n) is 4.51. The van der Waals surface area contributed by atoms with E-state index < -0.39 is 11.4 Å². The van der Waals surface area contributed by atoms with Crippen LogP contribution < -0.4 is 9.47 Å². The van der Waals surface area contributed by atoms with Crippen molar-refractivity contribution in [3.63, 3.8) is 0 Å². The Labute approximate surface area is 153 Å². The average molecular weight is 363 g/mol. The summed E-state index contributed by atoms with van der Waals surface area (Å²) in [7, 11) is 3.00. The first-order valence-corrected chi connectivity index (χ1v) is 8.41. The Morgan fingerprint density at radius 3 is 2.77 bits per heavy atom. The number of carbonyl (C=O) groups excluding carboxylic acids is 1. The quantitative estimate of drug-likeness (QED) is 0.713. The zero-order chi connectivity index (χ0) is 19.2. The summed E-state index contributed by atoms with van der Waals surface area (Å²) in [6.45, 7) is 4.51. The Balaban J connectivity index is 2.29. The van der Waals surface area contributed by atoms with Crippen LogP contribution in [0.1, 0.15) is 23.2 Å². The lowest BCUT2D eigenvalue weighted by Gasteiger charge is -2.39. The third kappa shape index (κ3) is 4.16. The summed E-state index contributed by atoms with van der Waals surface area (Å²) >= 11 is 0. The second-order valence-electron chi connectivity index (χ2n) is 6.31. The highest BCUT2D eigenvalue weighted by molar-refractivity contribution is 5.97. The van der Waals surface area contributed by atoms with Gasteiger partial charge in [0, 0.05) is 26.3 Å². The maximum Gasteiger partial charge on any atom is 0.313 e.